The van der Waals surface area contributed by atoms with Gasteiger partial charge in [-0.3, -0.25) is 9.78 Å². The molecule has 3 aromatic carbocycles. The number of amides is 1. The molecule has 5 rings (SSSR count). The third-order valence-corrected chi connectivity index (χ3v) is 7.95. The summed E-state index contributed by atoms with van der Waals surface area (Å²) in [4.78, 5) is 31.2. The maximum Gasteiger partial charge on any atom is 0.407 e. The van der Waals surface area contributed by atoms with Crippen molar-refractivity contribution < 1.29 is 28.2 Å². The summed E-state index contributed by atoms with van der Waals surface area (Å²) in [5.41, 5.74) is 6.48. The van der Waals surface area contributed by atoms with Crippen molar-refractivity contribution in [1.29, 1.82) is 0 Å². The van der Waals surface area contributed by atoms with Gasteiger partial charge in [0.2, 0.25) is 17.5 Å². The van der Waals surface area contributed by atoms with Gasteiger partial charge < -0.3 is 23.9 Å². The minimum atomic E-state index is -0.583. The zero-order chi connectivity index (χ0) is 35.8. The van der Waals surface area contributed by atoms with E-state index in [4.69, 9.17) is 36.8 Å². The van der Waals surface area contributed by atoms with E-state index in [2.05, 4.69) is 25.3 Å². The molecule has 0 saturated carbocycles. The van der Waals surface area contributed by atoms with Crippen molar-refractivity contribution in [3.05, 3.63) is 117 Å². The Balaban J connectivity index is 1.30. The fourth-order valence-corrected chi connectivity index (χ4v) is 5.37. The normalized spacial score (nSPS) is 11.1. The van der Waals surface area contributed by atoms with Gasteiger partial charge in [0.15, 0.2) is 6.29 Å². The predicted molar refractivity (Wildman–Crippen MR) is 189 cm³/mol. The predicted octanol–water partition coefficient (Wildman–Crippen LogP) is 8.66. The van der Waals surface area contributed by atoms with Crippen LogP contribution in [0.2, 0.25) is 5.02 Å². The van der Waals surface area contributed by atoms with Crippen LogP contribution in [0.4, 0.5) is 10.5 Å². The minimum Gasteiger partial charge on any atom is -0.488 e. The van der Waals surface area contributed by atoms with Crippen molar-refractivity contribution >= 4 is 29.7 Å². The molecule has 0 saturated heterocycles. The molecule has 12 heteroatoms. The number of pyridine rings is 1. The van der Waals surface area contributed by atoms with Gasteiger partial charge in [-0.05, 0) is 86.2 Å². The molecule has 0 unspecified atom stereocenters. The third-order valence-electron chi connectivity index (χ3n) is 7.65. The summed E-state index contributed by atoms with van der Waals surface area (Å²) < 4.78 is 23.3. The molecular weight excluding hydrogens is 658 g/mol. The Labute approximate surface area is 295 Å². The summed E-state index contributed by atoms with van der Waals surface area (Å²) in [6, 6.07) is 16.7. The van der Waals surface area contributed by atoms with Crippen molar-refractivity contribution in [2.45, 2.75) is 59.9 Å². The molecule has 5 aromatic rings. The molecule has 0 atom stereocenters. The van der Waals surface area contributed by atoms with Crippen LogP contribution in [-0.2, 0) is 24.4 Å². The topological polar surface area (TPSA) is 130 Å². The highest BCUT2D eigenvalue weighted by molar-refractivity contribution is 6.32. The summed E-state index contributed by atoms with van der Waals surface area (Å²) in [7, 11) is 0. The molecule has 1 N–H and O–H groups in total. The van der Waals surface area contributed by atoms with Crippen LogP contribution in [0.5, 0.6) is 11.5 Å². The lowest BCUT2D eigenvalue weighted by atomic mass is 9.91. The third kappa shape index (κ3) is 8.84. The second kappa shape index (κ2) is 15.7. The average molecular weight is 694 g/mol. The molecule has 2 aromatic heterocycles. The largest absolute Gasteiger partial charge is 0.488 e. The molecule has 0 bridgehead atoms. The second-order valence-corrected chi connectivity index (χ2v) is 12.8. The summed E-state index contributed by atoms with van der Waals surface area (Å²) >= 11 is 6.51. The van der Waals surface area contributed by atoms with Crippen LogP contribution in [0.25, 0.3) is 27.4 Å². The zero-order valence-corrected chi connectivity index (χ0v) is 29.1. The van der Waals surface area contributed by atoms with Gasteiger partial charge in [-0.25, -0.2) is 9.64 Å². The number of carbonyl (C=O) groups excluding carboxylic acids is 2. The Kier molecular flexibility index (Phi) is 11.1. The van der Waals surface area contributed by atoms with Crippen molar-refractivity contribution in [1.82, 2.24) is 20.5 Å². The van der Waals surface area contributed by atoms with Gasteiger partial charge in [-0.1, -0.05) is 41.9 Å². The van der Waals surface area contributed by atoms with E-state index in [0.29, 0.717) is 53.8 Å². The molecule has 0 aliphatic carbocycles. The molecular formula is C38H36ClN5O6. The highest BCUT2D eigenvalue weighted by Crippen LogP contribution is 2.36. The number of benzene rings is 3. The van der Waals surface area contributed by atoms with E-state index in [9.17, 15) is 9.59 Å². The maximum atomic E-state index is 12.0. The molecule has 0 fully saturated rings. The second-order valence-electron chi connectivity index (χ2n) is 12.4. The van der Waals surface area contributed by atoms with E-state index in [1.165, 1.54) is 12.3 Å². The van der Waals surface area contributed by atoms with Gasteiger partial charge >= 0.3 is 6.09 Å². The summed E-state index contributed by atoms with van der Waals surface area (Å²) in [6.07, 6.45) is 3.59. The van der Waals surface area contributed by atoms with Gasteiger partial charge in [0, 0.05) is 37.0 Å². The highest BCUT2D eigenvalue weighted by atomic mass is 35.5. The molecule has 2 heterocycles. The Morgan fingerprint density at radius 3 is 2.42 bits per heavy atom. The summed E-state index contributed by atoms with van der Waals surface area (Å²) in [5, 5.41) is 11.4. The van der Waals surface area contributed by atoms with E-state index < -0.39 is 11.7 Å². The number of alkyl carbamates (subject to hydrolysis) is 1. The Hall–Kier alpha value is -5.73. The number of aldehydes is 1. The molecule has 256 valence electrons. The SMILES string of the molecule is [C-]#[N+]c1cncc(COc2cc(OCc3cccc(-c4cccc(-c5nnc(CCNC(=O)OC(C)(C)C)o5)c4C)c3C)c(Cl)cc2C=O)c1. The van der Waals surface area contributed by atoms with Crippen LogP contribution in [-0.4, -0.2) is 39.7 Å². The smallest absolute Gasteiger partial charge is 0.407 e. The summed E-state index contributed by atoms with van der Waals surface area (Å²) in [6.45, 7) is 17.2. The lowest BCUT2D eigenvalue weighted by Gasteiger charge is -2.19. The van der Waals surface area contributed by atoms with Gasteiger partial charge in [-0.15, -0.1) is 10.2 Å². The zero-order valence-electron chi connectivity index (χ0n) is 28.4. The average Bonchev–Trinajstić information content (AvgIpc) is 3.55. The number of halogens is 1. The van der Waals surface area contributed by atoms with Crippen molar-refractivity contribution in [3.8, 4) is 34.1 Å². The Morgan fingerprint density at radius 1 is 0.960 bits per heavy atom. The molecule has 50 heavy (non-hydrogen) atoms. The van der Waals surface area contributed by atoms with Crippen molar-refractivity contribution in [3.63, 3.8) is 0 Å². The number of nitrogens with one attached hydrogen (secondary N) is 1. The fourth-order valence-electron chi connectivity index (χ4n) is 5.15. The van der Waals surface area contributed by atoms with Crippen LogP contribution in [0, 0.1) is 20.4 Å². The first-order chi connectivity index (χ1) is 24.0. The first-order valence-electron chi connectivity index (χ1n) is 15.8. The van der Waals surface area contributed by atoms with E-state index in [1.54, 1.807) is 39.1 Å². The quantitative estimate of drug-likeness (QED) is 0.101. The Morgan fingerprint density at radius 2 is 1.68 bits per heavy atom. The van der Waals surface area contributed by atoms with Crippen LogP contribution >= 0.6 is 11.6 Å². The molecule has 11 nitrogen and oxygen atoms in total. The molecule has 0 aliphatic rings. The standard InChI is InChI=1S/C38H36ClN5O6/c1-23-26(22-48-34-17-33(27(20-45)16-32(34)39)47-21-25-15-28(40-6)19-41-18-25)9-7-10-29(23)30-11-8-12-31(24(30)2)36-44-43-35(49-36)13-14-42-37(46)50-38(3,4)5/h7-12,15-20H,13-14,21-22H2,1-5H3,(H,42,46). The number of ether oxygens (including phenoxy) is 3. The number of hydrogen-bond donors (Lipinski definition) is 1. The number of carbonyl (C=O) groups is 2. The molecule has 0 radical (unpaired) electrons. The lowest BCUT2D eigenvalue weighted by Crippen LogP contribution is -2.33. The number of aromatic nitrogens is 3. The monoisotopic (exact) mass is 693 g/mol. The molecule has 0 aliphatic heterocycles. The van der Waals surface area contributed by atoms with Gasteiger partial charge in [-0.2, -0.15) is 0 Å². The van der Waals surface area contributed by atoms with Crippen molar-refractivity contribution in [2.75, 3.05) is 6.54 Å². The van der Waals surface area contributed by atoms with E-state index in [1.807, 2.05) is 50.2 Å². The Bertz CT molecular complexity index is 2060. The fraction of sp³-hybridized carbons (Fsp3) is 0.263. The number of hydrogen-bond acceptors (Lipinski definition) is 9. The van der Waals surface area contributed by atoms with Crippen molar-refractivity contribution in [2.24, 2.45) is 0 Å². The molecule has 1 amide bonds. The van der Waals surface area contributed by atoms with Crippen LogP contribution in [0.15, 0.2) is 71.4 Å². The van der Waals surface area contributed by atoms with Gasteiger partial charge in [0.25, 0.3) is 0 Å². The van der Waals surface area contributed by atoms with Crippen LogP contribution in [0.3, 0.4) is 0 Å². The van der Waals surface area contributed by atoms with Gasteiger partial charge in [0.05, 0.1) is 17.2 Å². The van der Waals surface area contributed by atoms with E-state index in [0.717, 1.165) is 33.4 Å². The first-order valence-corrected chi connectivity index (χ1v) is 16.2. The molecule has 0 spiro atoms. The van der Waals surface area contributed by atoms with E-state index >= 15 is 0 Å². The lowest BCUT2D eigenvalue weighted by molar-refractivity contribution is 0.0527. The van der Waals surface area contributed by atoms with E-state index in [-0.39, 0.29) is 23.8 Å². The van der Waals surface area contributed by atoms with Gasteiger partial charge in [0.1, 0.15) is 30.3 Å². The summed E-state index contributed by atoms with van der Waals surface area (Å²) in [5.74, 6) is 1.44. The number of nitrogens with zero attached hydrogens (tertiary/aromatic N) is 4. The maximum absolute atomic E-state index is 12.0. The first kappa shape index (κ1) is 35.6. The van der Waals surface area contributed by atoms with Crippen LogP contribution < -0.4 is 14.8 Å². The number of rotatable bonds is 12. The van der Waals surface area contributed by atoms with Crippen LogP contribution in [0.1, 0.15) is 59.3 Å². The minimum absolute atomic E-state index is 0.105. The highest BCUT2D eigenvalue weighted by Gasteiger charge is 2.19.